The molecule has 2 heterocycles. The Morgan fingerprint density at radius 1 is 1.55 bits per heavy atom. The summed E-state index contributed by atoms with van der Waals surface area (Å²) in [5.41, 5.74) is 2.39. The van der Waals surface area contributed by atoms with E-state index in [1.807, 2.05) is 6.07 Å². The van der Waals surface area contributed by atoms with Crippen molar-refractivity contribution < 1.29 is 14.3 Å². The first-order valence-electron chi connectivity index (χ1n) is 6.10. The number of benzene rings is 1. The third kappa shape index (κ3) is 2.40. The molecule has 0 atom stereocenters. The van der Waals surface area contributed by atoms with E-state index in [1.165, 1.54) is 12.7 Å². The van der Waals surface area contributed by atoms with Crippen molar-refractivity contribution in [1.82, 2.24) is 15.0 Å². The van der Waals surface area contributed by atoms with Crippen LogP contribution in [0.3, 0.4) is 0 Å². The summed E-state index contributed by atoms with van der Waals surface area (Å²) in [5, 5.41) is 7.72. The van der Waals surface area contributed by atoms with E-state index in [2.05, 4.69) is 37.0 Å². The highest BCUT2D eigenvalue weighted by atomic mass is 79.9. The van der Waals surface area contributed by atoms with Crippen molar-refractivity contribution in [3.63, 3.8) is 0 Å². The second kappa shape index (κ2) is 5.24. The summed E-state index contributed by atoms with van der Waals surface area (Å²) >= 11 is 3.49. The summed E-state index contributed by atoms with van der Waals surface area (Å²) in [5.74, 6) is 0.412. The maximum absolute atomic E-state index is 11.4. The summed E-state index contributed by atoms with van der Waals surface area (Å²) in [6.07, 6.45) is 2.47. The van der Waals surface area contributed by atoms with Gasteiger partial charge in [-0.2, -0.15) is 0 Å². The molecule has 1 aliphatic rings. The van der Waals surface area contributed by atoms with Crippen LogP contribution in [0.15, 0.2) is 22.8 Å². The number of hydrogen-bond acceptors (Lipinski definition) is 5. The van der Waals surface area contributed by atoms with Crippen molar-refractivity contribution in [2.45, 2.75) is 13.0 Å². The number of carbonyl (C=O) groups is 1. The fourth-order valence-electron chi connectivity index (χ4n) is 2.21. The fourth-order valence-corrected chi connectivity index (χ4v) is 2.76. The van der Waals surface area contributed by atoms with E-state index in [-0.39, 0.29) is 5.69 Å². The zero-order valence-corrected chi connectivity index (χ0v) is 12.4. The molecule has 2 aromatic rings. The first-order chi connectivity index (χ1) is 9.67. The summed E-state index contributed by atoms with van der Waals surface area (Å²) in [7, 11) is 1.32. The van der Waals surface area contributed by atoms with Gasteiger partial charge in [-0.15, -0.1) is 5.10 Å². The highest BCUT2D eigenvalue weighted by Gasteiger charge is 2.18. The second-order valence-electron chi connectivity index (χ2n) is 4.44. The molecule has 0 radical (unpaired) electrons. The standard InChI is InChI=1S/C13H12BrN3O3/c1-19-13(18)11-7-17(16-15-11)6-9-5-10(14)4-8-2-3-20-12(8)9/h4-5,7H,2-3,6H2,1H3. The summed E-state index contributed by atoms with van der Waals surface area (Å²) in [6.45, 7) is 1.19. The van der Waals surface area contributed by atoms with Crippen molar-refractivity contribution in [3.8, 4) is 5.75 Å². The largest absolute Gasteiger partial charge is 0.493 e. The van der Waals surface area contributed by atoms with Gasteiger partial charge in [0.1, 0.15) is 5.75 Å². The molecule has 20 heavy (non-hydrogen) atoms. The summed E-state index contributed by atoms with van der Waals surface area (Å²) in [4.78, 5) is 11.4. The van der Waals surface area contributed by atoms with Crippen molar-refractivity contribution in [3.05, 3.63) is 39.6 Å². The molecule has 0 unspecified atom stereocenters. The van der Waals surface area contributed by atoms with Gasteiger partial charge in [-0.25, -0.2) is 9.48 Å². The smallest absolute Gasteiger partial charge is 0.360 e. The Bertz CT molecular complexity index is 669. The Balaban J connectivity index is 1.88. The molecule has 7 heteroatoms. The number of methoxy groups -OCH3 is 1. The van der Waals surface area contributed by atoms with Crippen LogP contribution in [0.5, 0.6) is 5.75 Å². The van der Waals surface area contributed by atoms with E-state index in [0.29, 0.717) is 13.2 Å². The van der Waals surface area contributed by atoms with E-state index >= 15 is 0 Å². The molecule has 1 aliphatic heterocycles. The minimum atomic E-state index is -0.494. The van der Waals surface area contributed by atoms with Gasteiger partial charge in [0.25, 0.3) is 0 Å². The fraction of sp³-hybridized carbons (Fsp3) is 0.308. The highest BCUT2D eigenvalue weighted by molar-refractivity contribution is 9.10. The first-order valence-corrected chi connectivity index (χ1v) is 6.89. The lowest BCUT2D eigenvalue weighted by Gasteiger charge is -2.08. The van der Waals surface area contributed by atoms with Crippen LogP contribution < -0.4 is 4.74 Å². The SMILES string of the molecule is COC(=O)c1cn(Cc2cc(Br)cc3c2OCC3)nn1. The minimum Gasteiger partial charge on any atom is -0.493 e. The Morgan fingerprint density at radius 2 is 2.40 bits per heavy atom. The molecule has 0 fully saturated rings. The first kappa shape index (κ1) is 13.1. The van der Waals surface area contributed by atoms with Gasteiger partial charge in [-0.1, -0.05) is 21.1 Å². The molecule has 104 valence electrons. The van der Waals surface area contributed by atoms with Crippen LogP contribution in [0.4, 0.5) is 0 Å². The van der Waals surface area contributed by atoms with Gasteiger partial charge in [0, 0.05) is 16.5 Å². The van der Waals surface area contributed by atoms with Crippen molar-refractivity contribution >= 4 is 21.9 Å². The Morgan fingerprint density at radius 3 is 3.20 bits per heavy atom. The van der Waals surface area contributed by atoms with Crippen LogP contribution in [-0.2, 0) is 17.7 Å². The van der Waals surface area contributed by atoms with Gasteiger partial charge >= 0.3 is 5.97 Å². The maximum Gasteiger partial charge on any atom is 0.360 e. The maximum atomic E-state index is 11.4. The number of fused-ring (bicyclic) bond motifs is 1. The average molecular weight is 338 g/mol. The zero-order chi connectivity index (χ0) is 14.1. The predicted molar refractivity (Wildman–Crippen MR) is 73.8 cm³/mol. The average Bonchev–Trinajstić information content (AvgIpc) is 3.06. The van der Waals surface area contributed by atoms with Crippen LogP contribution in [0.2, 0.25) is 0 Å². The lowest BCUT2D eigenvalue weighted by molar-refractivity contribution is 0.0594. The van der Waals surface area contributed by atoms with Crippen LogP contribution in [0, 0.1) is 0 Å². The molecule has 3 rings (SSSR count). The number of esters is 1. The highest BCUT2D eigenvalue weighted by Crippen LogP contribution is 2.33. The Labute approximate surface area is 123 Å². The lowest BCUT2D eigenvalue weighted by atomic mass is 10.1. The van der Waals surface area contributed by atoms with Crippen molar-refractivity contribution in [2.24, 2.45) is 0 Å². The van der Waals surface area contributed by atoms with E-state index in [1.54, 1.807) is 10.9 Å². The molecule has 0 bridgehead atoms. The van der Waals surface area contributed by atoms with E-state index in [9.17, 15) is 4.79 Å². The van der Waals surface area contributed by atoms with Gasteiger partial charge < -0.3 is 9.47 Å². The number of halogens is 1. The monoisotopic (exact) mass is 337 g/mol. The molecule has 1 aromatic heterocycles. The molecule has 0 aliphatic carbocycles. The van der Waals surface area contributed by atoms with E-state index in [0.717, 1.165) is 22.2 Å². The topological polar surface area (TPSA) is 66.2 Å². The second-order valence-corrected chi connectivity index (χ2v) is 5.36. The quantitative estimate of drug-likeness (QED) is 0.799. The van der Waals surface area contributed by atoms with Crippen molar-refractivity contribution in [2.75, 3.05) is 13.7 Å². The molecule has 0 N–H and O–H groups in total. The number of ether oxygens (including phenoxy) is 2. The van der Waals surface area contributed by atoms with Gasteiger partial charge in [-0.05, 0) is 17.7 Å². The number of rotatable bonds is 3. The lowest BCUT2D eigenvalue weighted by Crippen LogP contribution is -2.03. The van der Waals surface area contributed by atoms with Crippen LogP contribution >= 0.6 is 15.9 Å². The molecule has 6 nitrogen and oxygen atoms in total. The summed E-state index contributed by atoms with van der Waals surface area (Å²) < 4.78 is 12.9. The molecule has 0 saturated carbocycles. The molecule has 0 saturated heterocycles. The number of hydrogen-bond donors (Lipinski definition) is 0. The van der Waals surface area contributed by atoms with Gasteiger partial charge in [0.05, 0.1) is 26.5 Å². The Kier molecular flexibility index (Phi) is 3.43. The van der Waals surface area contributed by atoms with Gasteiger partial charge in [0.2, 0.25) is 0 Å². The van der Waals surface area contributed by atoms with Gasteiger partial charge in [0.15, 0.2) is 5.69 Å². The third-order valence-electron chi connectivity index (χ3n) is 3.09. The predicted octanol–water partition coefficient (Wildman–Crippen LogP) is 1.81. The summed E-state index contributed by atoms with van der Waals surface area (Å²) in [6, 6.07) is 4.05. The normalized spacial score (nSPS) is 12.9. The van der Waals surface area contributed by atoms with Crippen molar-refractivity contribution in [1.29, 1.82) is 0 Å². The number of carbonyl (C=O) groups excluding carboxylic acids is 1. The minimum absolute atomic E-state index is 0.195. The zero-order valence-electron chi connectivity index (χ0n) is 10.8. The molecular formula is C13H12BrN3O3. The Hall–Kier alpha value is -1.89. The molecular weight excluding hydrogens is 326 g/mol. The molecule has 0 spiro atoms. The molecule has 1 aromatic carbocycles. The van der Waals surface area contributed by atoms with E-state index < -0.39 is 5.97 Å². The van der Waals surface area contributed by atoms with Crippen LogP contribution in [0.25, 0.3) is 0 Å². The number of aromatic nitrogens is 3. The van der Waals surface area contributed by atoms with Crippen LogP contribution in [0.1, 0.15) is 21.6 Å². The molecule has 0 amide bonds. The van der Waals surface area contributed by atoms with Crippen LogP contribution in [-0.4, -0.2) is 34.7 Å². The van der Waals surface area contributed by atoms with Gasteiger partial charge in [-0.3, -0.25) is 0 Å². The number of nitrogens with zero attached hydrogens (tertiary/aromatic N) is 3. The van der Waals surface area contributed by atoms with E-state index in [4.69, 9.17) is 4.74 Å². The third-order valence-corrected chi connectivity index (χ3v) is 3.55.